The lowest BCUT2D eigenvalue weighted by Crippen LogP contribution is -2.10. The Morgan fingerprint density at radius 1 is 0.773 bits per heavy atom. The van der Waals surface area contributed by atoms with Crippen LogP contribution in [0.15, 0.2) is 66.7 Å². The highest BCUT2D eigenvalue weighted by Gasteiger charge is 2.21. The van der Waals surface area contributed by atoms with Crippen molar-refractivity contribution in [2.24, 2.45) is 5.92 Å². The van der Waals surface area contributed by atoms with Crippen LogP contribution in [0.5, 0.6) is 5.75 Å². The van der Waals surface area contributed by atoms with Crippen molar-refractivity contribution < 1.29 is 4.74 Å². The lowest BCUT2D eigenvalue weighted by molar-refractivity contribution is 0.402. The van der Waals surface area contributed by atoms with Crippen LogP contribution < -0.4 is 4.74 Å². The first-order valence-corrected chi connectivity index (χ1v) is 7.82. The van der Waals surface area contributed by atoms with Crippen LogP contribution in [0, 0.1) is 5.92 Å². The summed E-state index contributed by atoms with van der Waals surface area (Å²) in [6, 6.07) is 23.6. The van der Waals surface area contributed by atoms with Gasteiger partial charge in [0.25, 0.3) is 0 Å². The van der Waals surface area contributed by atoms with Crippen LogP contribution in [-0.4, -0.2) is 7.11 Å². The van der Waals surface area contributed by atoms with Gasteiger partial charge in [-0.15, -0.1) is 0 Å². The van der Waals surface area contributed by atoms with Crippen LogP contribution in [0.2, 0.25) is 0 Å². The lowest BCUT2D eigenvalue weighted by atomic mass is 9.81. The molecule has 0 radical (unpaired) electrons. The molecule has 0 saturated carbocycles. The minimum Gasteiger partial charge on any atom is -0.496 e. The first-order valence-electron chi connectivity index (χ1n) is 7.82. The number of ether oxygens (including phenoxy) is 1. The molecule has 0 fully saturated rings. The van der Waals surface area contributed by atoms with Crippen LogP contribution in [0.3, 0.4) is 0 Å². The molecule has 0 saturated heterocycles. The molecule has 3 aromatic rings. The van der Waals surface area contributed by atoms with Gasteiger partial charge < -0.3 is 4.74 Å². The van der Waals surface area contributed by atoms with E-state index >= 15 is 0 Å². The third-order valence-electron chi connectivity index (χ3n) is 4.27. The Morgan fingerprint density at radius 2 is 1.45 bits per heavy atom. The monoisotopic (exact) mass is 290 g/mol. The summed E-state index contributed by atoms with van der Waals surface area (Å²) < 4.78 is 5.59. The van der Waals surface area contributed by atoms with Gasteiger partial charge in [0.05, 0.1) is 7.11 Å². The highest BCUT2D eigenvalue weighted by molar-refractivity contribution is 5.83. The summed E-state index contributed by atoms with van der Waals surface area (Å²) in [4.78, 5) is 0. The predicted molar refractivity (Wildman–Crippen MR) is 93.6 cm³/mol. The Bertz CT molecular complexity index is 773. The van der Waals surface area contributed by atoms with E-state index in [2.05, 4.69) is 68.4 Å². The number of hydrogen-bond donors (Lipinski definition) is 0. The molecule has 0 bridgehead atoms. The fourth-order valence-corrected chi connectivity index (χ4v) is 3.25. The number of para-hydroxylation sites is 1. The zero-order chi connectivity index (χ0) is 15.5. The van der Waals surface area contributed by atoms with Crippen molar-refractivity contribution in [3.05, 3.63) is 77.9 Å². The van der Waals surface area contributed by atoms with Gasteiger partial charge in [-0.2, -0.15) is 0 Å². The van der Waals surface area contributed by atoms with Crippen molar-refractivity contribution in [2.45, 2.75) is 19.8 Å². The summed E-state index contributed by atoms with van der Waals surface area (Å²) in [5.41, 5.74) is 2.61. The van der Waals surface area contributed by atoms with Crippen molar-refractivity contribution in [3.8, 4) is 5.75 Å². The van der Waals surface area contributed by atoms with Crippen molar-refractivity contribution in [1.82, 2.24) is 0 Å². The molecule has 1 heteroatoms. The third kappa shape index (κ3) is 2.71. The summed E-state index contributed by atoms with van der Waals surface area (Å²) >= 11 is 0. The normalized spacial score (nSPS) is 12.5. The maximum Gasteiger partial charge on any atom is 0.122 e. The Kier molecular flexibility index (Phi) is 4.15. The summed E-state index contributed by atoms with van der Waals surface area (Å²) in [7, 11) is 1.75. The molecular weight excluding hydrogens is 268 g/mol. The van der Waals surface area contributed by atoms with Crippen LogP contribution in [-0.2, 0) is 0 Å². The summed E-state index contributed by atoms with van der Waals surface area (Å²) in [6.07, 6.45) is 0. The van der Waals surface area contributed by atoms with Crippen LogP contribution in [0.1, 0.15) is 30.9 Å². The van der Waals surface area contributed by atoms with E-state index in [1.54, 1.807) is 7.11 Å². The zero-order valence-corrected chi connectivity index (χ0v) is 13.4. The molecule has 0 spiro atoms. The molecule has 3 aromatic carbocycles. The van der Waals surface area contributed by atoms with Gasteiger partial charge in [0.1, 0.15) is 5.75 Å². The molecule has 0 unspecified atom stereocenters. The molecule has 0 aliphatic rings. The molecule has 1 atom stereocenters. The van der Waals surface area contributed by atoms with Gasteiger partial charge in [-0.05, 0) is 28.3 Å². The first-order chi connectivity index (χ1) is 10.7. The fourth-order valence-electron chi connectivity index (χ4n) is 3.25. The largest absolute Gasteiger partial charge is 0.496 e. The lowest BCUT2D eigenvalue weighted by Gasteiger charge is -2.24. The van der Waals surface area contributed by atoms with Crippen molar-refractivity contribution in [1.29, 1.82) is 0 Å². The van der Waals surface area contributed by atoms with Gasteiger partial charge in [0, 0.05) is 11.5 Å². The Labute approximate surface area is 132 Å². The Hall–Kier alpha value is -2.28. The van der Waals surface area contributed by atoms with E-state index in [-0.39, 0.29) is 0 Å². The van der Waals surface area contributed by atoms with Gasteiger partial charge in [-0.3, -0.25) is 0 Å². The number of hydrogen-bond acceptors (Lipinski definition) is 1. The predicted octanol–water partition coefficient (Wildman–Crippen LogP) is 5.64. The number of benzene rings is 3. The summed E-state index contributed by atoms with van der Waals surface area (Å²) in [6.45, 7) is 4.54. The highest BCUT2D eigenvalue weighted by Crippen LogP contribution is 2.38. The fraction of sp³-hybridized carbons (Fsp3) is 0.238. The van der Waals surface area contributed by atoms with Crippen LogP contribution in [0.25, 0.3) is 10.8 Å². The van der Waals surface area contributed by atoms with Gasteiger partial charge >= 0.3 is 0 Å². The van der Waals surface area contributed by atoms with Gasteiger partial charge in [0.2, 0.25) is 0 Å². The molecule has 0 amide bonds. The van der Waals surface area contributed by atoms with Gasteiger partial charge in [0.15, 0.2) is 0 Å². The maximum absolute atomic E-state index is 5.59. The third-order valence-corrected chi connectivity index (χ3v) is 4.27. The number of rotatable bonds is 4. The molecular formula is C21H22O. The van der Waals surface area contributed by atoms with E-state index in [1.165, 1.54) is 21.9 Å². The minimum absolute atomic E-state index is 0.334. The molecule has 112 valence electrons. The number of fused-ring (bicyclic) bond motifs is 1. The van der Waals surface area contributed by atoms with Crippen LogP contribution in [0.4, 0.5) is 0 Å². The average Bonchev–Trinajstić information content (AvgIpc) is 2.55. The molecule has 0 aliphatic carbocycles. The topological polar surface area (TPSA) is 9.23 Å². The second-order valence-corrected chi connectivity index (χ2v) is 6.07. The van der Waals surface area contributed by atoms with Gasteiger partial charge in [-0.1, -0.05) is 74.5 Å². The van der Waals surface area contributed by atoms with Crippen molar-refractivity contribution >= 4 is 10.8 Å². The SMILES string of the molecule is COc1ccccc1[C@H](c1ccc2ccccc2c1)C(C)C. The molecule has 0 heterocycles. The zero-order valence-electron chi connectivity index (χ0n) is 13.4. The second-order valence-electron chi connectivity index (χ2n) is 6.07. The second kappa shape index (κ2) is 6.23. The molecule has 1 nitrogen and oxygen atoms in total. The Balaban J connectivity index is 2.13. The average molecular weight is 290 g/mol. The van der Waals surface area contributed by atoms with E-state index in [1.807, 2.05) is 12.1 Å². The molecule has 0 N–H and O–H groups in total. The van der Waals surface area contributed by atoms with E-state index < -0.39 is 0 Å². The van der Waals surface area contributed by atoms with Crippen molar-refractivity contribution in [2.75, 3.05) is 7.11 Å². The quantitative estimate of drug-likeness (QED) is 0.604. The van der Waals surface area contributed by atoms with Crippen molar-refractivity contribution in [3.63, 3.8) is 0 Å². The summed E-state index contributed by atoms with van der Waals surface area (Å²) in [5, 5.41) is 2.58. The summed E-state index contributed by atoms with van der Waals surface area (Å²) in [5.74, 6) is 1.80. The highest BCUT2D eigenvalue weighted by atomic mass is 16.5. The standard InChI is InChI=1S/C21H22O/c1-15(2)21(19-10-6-7-11-20(19)22-3)18-13-12-16-8-4-5-9-17(16)14-18/h4-15,21H,1-3H3/t21-/m0/s1. The molecule has 22 heavy (non-hydrogen) atoms. The van der Waals surface area contributed by atoms with Gasteiger partial charge in [-0.25, -0.2) is 0 Å². The molecule has 0 aliphatic heterocycles. The van der Waals surface area contributed by atoms with E-state index in [4.69, 9.17) is 4.74 Å². The van der Waals surface area contributed by atoms with E-state index in [0.29, 0.717) is 11.8 Å². The maximum atomic E-state index is 5.59. The molecule has 3 rings (SSSR count). The number of methoxy groups -OCH3 is 1. The minimum atomic E-state index is 0.334. The smallest absolute Gasteiger partial charge is 0.122 e. The van der Waals surface area contributed by atoms with E-state index in [0.717, 1.165) is 5.75 Å². The van der Waals surface area contributed by atoms with E-state index in [9.17, 15) is 0 Å². The van der Waals surface area contributed by atoms with Crippen LogP contribution >= 0.6 is 0 Å². The first kappa shape index (κ1) is 14.6. The molecule has 0 aromatic heterocycles. The Morgan fingerprint density at radius 3 is 2.18 bits per heavy atom.